The van der Waals surface area contributed by atoms with E-state index in [4.69, 9.17) is 0 Å². The van der Waals surface area contributed by atoms with Gasteiger partial charge in [-0.2, -0.15) is 0 Å². The normalized spacial score (nSPS) is 12.8. The van der Waals surface area contributed by atoms with Gasteiger partial charge in [0.1, 0.15) is 0 Å². The molecule has 3 aromatic heterocycles. The number of rotatable bonds is 14. The predicted molar refractivity (Wildman–Crippen MR) is 215 cm³/mol. The zero-order chi connectivity index (χ0) is 36.6. The Morgan fingerprint density at radius 3 is 1.13 bits per heavy atom. The Hall–Kier alpha value is -4.85. The quantitative estimate of drug-likeness (QED) is 0.0832. The Kier molecular flexibility index (Phi) is 8.55. The molecule has 0 saturated heterocycles. The Morgan fingerprint density at radius 2 is 0.808 bits per heavy atom. The van der Waals surface area contributed by atoms with E-state index in [0.717, 1.165) is 109 Å². The minimum absolute atomic E-state index is 0.210. The first-order valence-electron chi connectivity index (χ1n) is 19.5. The molecule has 0 unspecified atom stereocenters. The van der Waals surface area contributed by atoms with Crippen molar-refractivity contribution in [2.24, 2.45) is 0 Å². The number of hydrogen-bond donors (Lipinski definition) is 0. The van der Waals surface area contributed by atoms with Crippen LogP contribution in [0.5, 0.6) is 0 Å². The highest BCUT2D eigenvalue weighted by atomic mass is 16.2. The van der Waals surface area contributed by atoms with Gasteiger partial charge in [-0.1, -0.05) is 91.2 Å². The Bertz CT molecular complexity index is 2670. The van der Waals surface area contributed by atoms with Crippen molar-refractivity contribution in [3.05, 3.63) is 77.8 Å². The lowest BCUT2D eigenvalue weighted by Crippen LogP contribution is -2.37. The van der Waals surface area contributed by atoms with Gasteiger partial charge in [0.05, 0.1) is 21.8 Å². The smallest absolute Gasteiger partial charge is 0.261 e. The lowest BCUT2D eigenvalue weighted by atomic mass is 9.86. The molecule has 3 heterocycles. The van der Waals surface area contributed by atoms with Gasteiger partial charge in [-0.25, -0.2) is 0 Å². The maximum absolute atomic E-state index is 14.6. The molecule has 0 radical (unpaired) electrons. The summed E-state index contributed by atoms with van der Waals surface area (Å²) < 4.78 is 4.62. The van der Waals surface area contributed by atoms with Crippen LogP contribution in [0.15, 0.2) is 55.6 Å². The summed E-state index contributed by atoms with van der Waals surface area (Å²) in [7, 11) is 0. The highest BCUT2D eigenvalue weighted by molar-refractivity contribution is 6.46. The highest BCUT2D eigenvalue weighted by Crippen LogP contribution is 2.49. The van der Waals surface area contributed by atoms with E-state index in [1.54, 1.807) is 16.7 Å². The van der Waals surface area contributed by atoms with Crippen molar-refractivity contribution in [1.29, 1.82) is 0 Å². The fraction of sp³-hybridized carbons (Fsp3) is 0.432. The molecule has 0 fully saturated rings. The summed E-state index contributed by atoms with van der Waals surface area (Å²) >= 11 is 0. The van der Waals surface area contributed by atoms with E-state index in [1.165, 1.54) is 16.1 Å². The van der Waals surface area contributed by atoms with E-state index in [0.29, 0.717) is 43.4 Å². The van der Waals surface area contributed by atoms with Crippen LogP contribution >= 0.6 is 0 Å². The fourth-order valence-electron chi connectivity index (χ4n) is 9.50. The molecular weight excluding hydrogens is 651 g/mol. The van der Waals surface area contributed by atoms with E-state index in [1.807, 2.05) is 24.3 Å². The van der Waals surface area contributed by atoms with Crippen LogP contribution in [-0.4, -0.2) is 19.6 Å². The number of aromatic nitrogens is 3. The number of benzene rings is 5. The molecule has 0 spiro atoms. The maximum Gasteiger partial charge on any atom is 0.261 e. The summed E-state index contributed by atoms with van der Waals surface area (Å²) in [5.41, 5.74) is -0.0104. The zero-order valence-corrected chi connectivity index (χ0v) is 31.0. The fourth-order valence-corrected chi connectivity index (χ4v) is 9.50. The van der Waals surface area contributed by atoms with Crippen molar-refractivity contribution < 1.29 is 4.79 Å². The molecule has 8 heteroatoms. The minimum Gasteiger partial charge on any atom is -0.280 e. The predicted octanol–water partition coefficient (Wildman–Crippen LogP) is 9.86. The average molecular weight is 698 g/mol. The first kappa shape index (κ1) is 34.2. The largest absolute Gasteiger partial charge is 0.280 e. The summed E-state index contributed by atoms with van der Waals surface area (Å²) in [6, 6.07) is 10.8. The third-order valence-electron chi connectivity index (χ3n) is 12.0. The summed E-state index contributed by atoms with van der Waals surface area (Å²) in [6.07, 6.45) is 10.5. The molecule has 8 nitrogen and oxygen atoms in total. The lowest BCUT2D eigenvalue weighted by Gasteiger charge is -2.22. The standard InChI is InChI=1S/C44H47N3O5/c1-6-10-14-25(15-11-7-2)46-41(49)29-20-18-27-28-19-21-30-36-32(44(52)47(42(30)50)26(16-12-8-3)17-13-9-4)23-34-40(38(28)36)39-33(45(34)24(5)48)22-31(43(46)51)35(29)37(27)39/h18-23,25-26H,6-17H2,1-5H3. The second-order valence-electron chi connectivity index (χ2n) is 15.1. The van der Waals surface area contributed by atoms with Crippen LogP contribution in [0.2, 0.25) is 0 Å². The van der Waals surface area contributed by atoms with Crippen LogP contribution in [0.25, 0.3) is 75.7 Å². The van der Waals surface area contributed by atoms with Crippen molar-refractivity contribution in [2.75, 3.05) is 0 Å². The van der Waals surface area contributed by atoms with E-state index in [-0.39, 0.29) is 40.2 Å². The van der Waals surface area contributed by atoms with Gasteiger partial charge in [-0.15, -0.1) is 0 Å². The van der Waals surface area contributed by atoms with Gasteiger partial charge in [0.2, 0.25) is 5.91 Å². The molecule has 0 saturated carbocycles. The lowest BCUT2D eigenvalue weighted by molar-refractivity contribution is 0.0946. The number of nitrogens with zero attached hydrogens (tertiary/aromatic N) is 3. The molecular formula is C44H47N3O5. The minimum atomic E-state index is -0.319. The number of unbranched alkanes of at least 4 members (excludes halogenated alkanes) is 4. The van der Waals surface area contributed by atoms with Crippen LogP contribution < -0.4 is 22.2 Å². The molecule has 0 N–H and O–H groups in total. The van der Waals surface area contributed by atoms with Crippen molar-refractivity contribution in [3.63, 3.8) is 0 Å². The first-order valence-corrected chi connectivity index (χ1v) is 19.5. The topological polar surface area (TPSA) is 100 Å². The Morgan fingerprint density at radius 1 is 0.481 bits per heavy atom. The van der Waals surface area contributed by atoms with Crippen molar-refractivity contribution >= 4 is 81.6 Å². The SMILES string of the molecule is CCCCC(CCCC)n1c(=O)c2ccc3c4ccc5c(=O)n(C(CCCC)CCCC)c(=O)c6cc7c(c4c56)c4c3c2c(cc4n7C(C)=O)c1=O. The van der Waals surface area contributed by atoms with Crippen molar-refractivity contribution in [2.45, 2.75) is 124 Å². The van der Waals surface area contributed by atoms with Crippen LogP contribution in [-0.2, 0) is 0 Å². The van der Waals surface area contributed by atoms with E-state index in [2.05, 4.69) is 27.7 Å². The van der Waals surface area contributed by atoms with Crippen LogP contribution in [0, 0.1) is 0 Å². The van der Waals surface area contributed by atoms with Gasteiger partial charge in [-0.05, 0) is 60.7 Å². The monoisotopic (exact) mass is 697 g/mol. The molecule has 0 bridgehead atoms. The van der Waals surface area contributed by atoms with Gasteiger partial charge in [0, 0.05) is 62.1 Å². The molecule has 0 aliphatic rings. The van der Waals surface area contributed by atoms with Crippen molar-refractivity contribution in [1.82, 2.24) is 13.7 Å². The second-order valence-corrected chi connectivity index (χ2v) is 15.1. The van der Waals surface area contributed by atoms with Crippen LogP contribution in [0.4, 0.5) is 0 Å². The molecule has 0 atom stereocenters. The number of hydrogen-bond acceptors (Lipinski definition) is 5. The molecule has 268 valence electrons. The molecule has 8 aromatic rings. The molecule has 52 heavy (non-hydrogen) atoms. The number of carbonyl (C=O) groups is 1. The second kappa shape index (κ2) is 13.0. The summed E-state index contributed by atoms with van der Waals surface area (Å²) in [4.78, 5) is 71.8. The van der Waals surface area contributed by atoms with Gasteiger partial charge in [0.15, 0.2) is 0 Å². The van der Waals surface area contributed by atoms with Crippen LogP contribution in [0.3, 0.4) is 0 Å². The molecule has 8 rings (SSSR count). The average Bonchev–Trinajstić information content (AvgIpc) is 3.48. The third-order valence-corrected chi connectivity index (χ3v) is 12.0. The number of fused-ring (bicyclic) bond motifs is 1. The van der Waals surface area contributed by atoms with E-state index in [9.17, 15) is 24.0 Å². The first-order chi connectivity index (χ1) is 25.2. The molecule has 0 aliphatic carbocycles. The van der Waals surface area contributed by atoms with Gasteiger partial charge in [0.25, 0.3) is 22.2 Å². The zero-order valence-electron chi connectivity index (χ0n) is 31.0. The van der Waals surface area contributed by atoms with E-state index < -0.39 is 0 Å². The number of pyridine rings is 2. The van der Waals surface area contributed by atoms with E-state index >= 15 is 0 Å². The van der Waals surface area contributed by atoms with Gasteiger partial charge >= 0.3 is 0 Å². The Labute approximate surface area is 301 Å². The number of carbonyl (C=O) groups excluding carboxylic acids is 1. The summed E-state index contributed by atoms with van der Waals surface area (Å²) in [5, 5.41) is 7.87. The Balaban J connectivity index is 1.56. The van der Waals surface area contributed by atoms with Gasteiger partial charge < -0.3 is 0 Å². The summed E-state index contributed by atoms with van der Waals surface area (Å²) in [6.45, 7) is 9.97. The highest BCUT2D eigenvalue weighted by Gasteiger charge is 2.30. The molecule has 0 amide bonds. The van der Waals surface area contributed by atoms with Crippen molar-refractivity contribution in [3.8, 4) is 0 Å². The maximum atomic E-state index is 14.6. The molecule has 5 aromatic carbocycles. The summed E-state index contributed by atoms with van der Waals surface area (Å²) in [5.74, 6) is -0.240. The molecule has 0 aliphatic heterocycles. The van der Waals surface area contributed by atoms with Crippen LogP contribution in [0.1, 0.15) is 129 Å². The third kappa shape index (κ3) is 4.68. The van der Waals surface area contributed by atoms with Gasteiger partial charge in [-0.3, -0.25) is 37.7 Å².